The van der Waals surface area contributed by atoms with E-state index in [0.29, 0.717) is 0 Å². The van der Waals surface area contributed by atoms with E-state index in [9.17, 15) is 28.4 Å². The number of aliphatic hydroxyl groups excluding tert-OH is 1. The van der Waals surface area contributed by atoms with Crippen molar-refractivity contribution in [3.05, 3.63) is 33.9 Å². The van der Waals surface area contributed by atoms with Gasteiger partial charge in [-0.15, -0.1) is 0 Å². The first-order chi connectivity index (χ1) is 10.5. The molecular weight excluding hydrogens is 328 g/mol. The molecular formula is C13H18N2O7S. The monoisotopic (exact) mass is 346 g/mol. The lowest BCUT2D eigenvalue weighted by atomic mass is 9.88. The minimum Gasteiger partial charge on any atom is -0.481 e. The van der Waals surface area contributed by atoms with Gasteiger partial charge in [-0.1, -0.05) is 6.92 Å². The average molecular weight is 346 g/mol. The van der Waals surface area contributed by atoms with Gasteiger partial charge < -0.3 is 10.2 Å². The first-order valence-electron chi connectivity index (χ1n) is 6.58. The summed E-state index contributed by atoms with van der Waals surface area (Å²) in [6, 6.07) is 3.35. The Morgan fingerprint density at radius 2 is 2.04 bits per heavy atom. The van der Waals surface area contributed by atoms with E-state index >= 15 is 0 Å². The van der Waals surface area contributed by atoms with Crippen LogP contribution >= 0.6 is 0 Å². The summed E-state index contributed by atoms with van der Waals surface area (Å²) in [6.45, 7) is 2.05. The fraction of sp³-hybridized carbons (Fsp3) is 0.462. The van der Waals surface area contributed by atoms with Crippen molar-refractivity contribution in [2.24, 2.45) is 5.41 Å². The Labute approximate surface area is 133 Å². The Kier molecular flexibility index (Phi) is 5.81. The van der Waals surface area contributed by atoms with Crippen LogP contribution in [0.5, 0.6) is 0 Å². The number of aryl methyl sites for hydroxylation is 1. The second-order valence-electron chi connectivity index (χ2n) is 5.57. The highest BCUT2D eigenvalue weighted by Gasteiger charge is 2.29. The zero-order valence-corrected chi connectivity index (χ0v) is 13.5. The van der Waals surface area contributed by atoms with E-state index in [1.54, 1.807) is 0 Å². The number of aliphatic carboxylic acids is 1. The van der Waals surface area contributed by atoms with Crippen molar-refractivity contribution in [1.29, 1.82) is 0 Å². The summed E-state index contributed by atoms with van der Waals surface area (Å²) in [7, 11) is -3.98. The van der Waals surface area contributed by atoms with Gasteiger partial charge in [-0.25, -0.2) is 13.1 Å². The molecule has 9 nitrogen and oxygen atoms in total. The normalized spacial score (nSPS) is 14.2. The number of nitro groups is 1. The second kappa shape index (κ2) is 7.02. The van der Waals surface area contributed by atoms with E-state index in [2.05, 4.69) is 4.72 Å². The molecule has 0 aliphatic carbocycles. The van der Waals surface area contributed by atoms with Crippen LogP contribution in [-0.2, 0) is 14.8 Å². The van der Waals surface area contributed by atoms with Crippen molar-refractivity contribution < 1.29 is 28.3 Å². The summed E-state index contributed by atoms with van der Waals surface area (Å²) < 4.78 is 26.6. The molecule has 0 aliphatic rings. The molecule has 3 N–H and O–H groups in total. The topological polar surface area (TPSA) is 147 Å². The summed E-state index contributed by atoms with van der Waals surface area (Å²) in [5.74, 6) is -1.16. The van der Waals surface area contributed by atoms with Crippen molar-refractivity contribution >= 4 is 21.7 Å². The van der Waals surface area contributed by atoms with Crippen LogP contribution in [0.4, 0.5) is 5.69 Å². The highest BCUT2D eigenvalue weighted by atomic mass is 32.2. The van der Waals surface area contributed by atoms with Crippen LogP contribution in [-0.4, -0.2) is 42.7 Å². The van der Waals surface area contributed by atoms with Crippen LogP contribution in [0.3, 0.4) is 0 Å². The Morgan fingerprint density at radius 3 is 2.48 bits per heavy atom. The van der Waals surface area contributed by atoms with Gasteiger partial charge in [-0.3, -0.25) is 14.9 Å². The minimum absolute atomic E-state index is 0.170. The molecule has 1 unspecified atom stereocenters. The zero-order chi connectivity index (χ0) is 17.8. The third kappa shape index (κ3) is 4.98. The lowest BCUT2D eigenvalue weighted by molar-refractivity contribution is -0.385. The molecule has 0 saturated heterocycles. The van der Waals surface area contributed by atoms with Gasteiger partial charge in [0.05, 0.1) is 22.8 Å². The maximum atomic E-state index is 12.2. The minimum atomic E-state index is -3.98. The number of hydrogen-bond donors (Lipinski definition) is 3. The molecule has 0 saturated carbocycles. The number of rotatable bonds is 8. The summed E-state index contributed by atoms with van der Waals surface area (Å²) >= 11 is 0. The van der Waals surface area contributed by atoms with E-state index in [0.717, 1.165) is 18.2 Å². The van der Waals surface area contributed by atoms with Gasteiger partial charge in [0.1, 0.15) is 0 Å². The maximum Gasteiger partial charge on any atom is 0.304 e. The number of carbonyl (C=O) groups is 1. The van der Waals surface area contributed by atoms with Gasteiger partial charge in [0.2, 0.25) is 10.0 Å². The van der Waals surface area contributed by atoms with Crippen LogP contribution in [0.2, 0.25) is 0 Å². The van der Waals surface area contributed by atoms with Crippen LogP contribution in [0.25, 0.3) is 0 Å². The molecule has 0 aliphatic heterocycles. The number of nitrogens with zero attached hydrogens (tertiary/aromatic N) is 1. The van der Waals surface area contributed by atoms with E-state index in [1.807, 2.05) is 0 Å². The number of hydrogen-bond acceptors (Lipinski definition) is 6. The predicted molar refractivity (Wildman–Crippen MR) is 80.5 cm³/mol. The molecule has 23 heavy (non-hydrogen) atoms. The Morgan fingerprint density at radius 1 is 1.43 bits per heavy atom. The van der Waals surface area contributed by atoms with Crippen molar-refractivity contribution in [3.8, 4) is 0 Å². The number of nitro benzene ring substituents is 1. The summed E-state index contributed by atoms with van der Waals surface area (Å²) in [5.41, 5.74) is -1.17. The van der Waals surface area contributed by atoms with Crippen LogP contribution in [0.1, 0.15) is 18.9 Å². The molecule has 0 radical (unpaired) electrons. The summed E-state index contributed by atoms with van der Waals surface area (Å²) in [6.07, 6.45) is -0.411. The van der Waals surface area contributed by atoms with Gasteiger partial charge in [-0.2, -0.15) is 0 Å². The Balaban J connectivity index is 2.98. The number of aliphatic hydroxyl groups is 1. The van der Waals surface area contributed by atoms with Crippen molar-refractivity contribution in [2.75, 3.05) is 13.2 Å². The molecule has 1 atom stereocenters. The molecule has 1 aromatic rings. The number of nitrogens with one attached hydrogen (secondary N) is 1. The van der Waals surface area contributed by atoms with E-state index in [-0.39, 0.29) is 22.7 Å². The molecule has 0 heterocycles. The molecule has 0 aromatic heterocycles. The van der Waals surface area contributed by atoms with Crippen LogP contribution in [0, 0.1) is 22.5 Å². The third-order valence-electron chi connectivity index (χ3n) is 3.32. The van der Waals surface area contributed by atoms with E-state index in [1.165, 1.54) is 13.8 Å². The molecule has 0 fully saturated rings. The smallest absolute Gasteiger partial charge is 0.304 e. The number of carboxylic acids is 1. The van der Waals surface area contributed by atoms with Crippen LogP contribution < -0.4 is 4.72 Å². The number of sulfonamides is 1. The number of carboxylic acid groups (broad SMARTS) is 1. The predicted octanol–water partition coefficient (Wildman–Crippen LogP) is 0.655. The third-order valence-corrected chi connectivity index (χ3v) is 4.72. The second-order valence-corrected chi connectivity index (χ2v) is 7.34. The Hall–Kier alpha value is -2.04. The van der Waals surface area contributed by atoms with Crippen molar-refractivity contribution in [1.82, 2.24) is 4.72 Å². The van der Waals surface area contributed by atoms with Gasteiger partial charge in [0, 0.05) is 23.6 Å². The fourth-order valence-corrected chi connectivity index (χ4v) is 3.18. The molecule has 128 valence electrons. The molecule has 10 heteroatoms. The summed E-state index contributed by atoms with van der Waals surface area (Å²) in [5, 5.41) is 28.8. The standard InChI is InChI=1S/C13H18N2O7S/c1-9-5-10(3-4-11(9)15(19)20)23(21,22)14-7-13(2,8-16)6-12(17)18/h3-5,14,16H,6-8H2,1-2H3,(H,17,18). The highest BCUT2D eigenvalue weighted by Crippen LogP contribution is 2.23. The van der Waals surface area contributed by atoms with Crippen molar-refractivity contribution in [2.45, 2.75) is 25.2 Å². The largest absolute Gasteiger partial charge is 0.481 e. The quantitative estimate of drug-likeness (QED) is 0.462. The Bertz CT molecular complexity index is 717. The SMILES string of the molecule is Cc1cc(S(=O)(=O)NCC(C)(CO)CC(=O)O)ccc1[N+](=O)[O-]. The molecule has 0 amide bonds. The van der Waals surface area contributed by atoms with Gasteiger partial charge in [0.25, 0.3) is 5.69 Å². The van der Waals surface area contributed by atoms with Gasteiger partial charge in [0.15, 0.2) is 0 Å². The molecule has 0 bridgehead atoms. The lowest BCUT2D eigenvalue weighted by Crippen LogP contribution is -2.39. The number of benzene rings is 1. The highest BCUT2D eigenvalue weighted by molar-refractivity contribution is 7.89. The first-order valence-corrected chi connectivity index (χ1v) is 8.06. The zero-order valence-electron chi connectivity index (χ0n) is 12.6. The maximum absolute atomic E-state index is 12.2. The van der Waals surface area contributed by atoms with Crippen LogP contribution in [0.15, 0.2) is 23.1 Å². The van der Waals surface area contributed by atoms with Gasteiger partial charge in [-0.05, 0) is 19.1 Å². The van der Waals surface area contributed by atoms with Crippen molar-refractivity contribution in [3.63, 3.8) is 0 Å². The average Bonchev–Trinajstić information content (AvgIpc) is 2.44. The molecule has 1 rings (SSSR count). The van der Waals surface area contributed by atoms with Gasteiger partial charge >= 0.3 is 5.97 Å². The fourth-order valence-electron chi connectivity index (χ4n) is 1.89. The molecule has 1 aromatic carbocycles. The van der Waals surface area contributed by atoms with E-state index in [4.69, 9.17) is 5.11 Å². The lowest BCUT2D eigenvalue weighted by Gasteiger charge is -2.25. The van der Waals surface area contributed by atoms with E-state index < -0.39 is 39.4 Å². The molecule has 0 spiro atoms. The summed E-state index contributed by atoms with van der Waals surface area (Å²) in [4.78, 5) is 20.7. The first kappa shape index (κ1) is 19.0.